The molecule has 0 amide bonds. The van der Waals surface area contributed by atoms with Gasteiger partial charge in [0.15, 0.2) is 0 Å². The van der Waals surface area contributed by atoms with Gasteiger partial charge in [0.2, 0.25) is 0 Å². The maximum Gasteiger partial charge on any atom is 0.139 e. The number of hydrogen-bond donors (Lipinski definition) is 2. The zero-order valence-electron chi connectivity index (χ0n) is 12.1. The molecule has 22 heavy (non-hydrogen) atoms. The van der Waals surface area contributed by atoms with Crippen LogP contribution in [0.1, 0.15) is 11.1 Å². The molecule has 0 atom stereocenters. The Hall–Kier alpha value is -2.10. The summed E-state index contributed by atoms with van der Waals surface area (Å²) >= 11 is 6.22. The third kappa shape index (κ3) is 3.38. The highest BCUT2D eigenvalue weighted by Gasteiger charge is 2.03. The van der Waals surface area contributed by atoms with Crippen molar-refractivity contribution in [3.8, 4) is 0 Å². The van der Waals surface area contributed by atoms with Gasteiger partial charge in [0.25, 0.3) is 0 Å². The van der Waals surface area contributed by atoms with E-state index < -0.39 is 0 Å². The largest absolute Gasteiger partial charge is 0.392 e. The molecule has 0 radical (unpaired) electrons. The molecular formula is C18H17ClN2O. The number of nitrogens with one attached hydrogen (secondary N) is 1. The van der Waals surface area contributed by atoms with E-state index in [9.17, 15) is 0 Å². The zero-order chi connectivity index (χ0) is 15.4. The molecular weight excluding hydrogens is 296 g/mol. The minimum Gasteiger partial charge on any atom is -0.392 e. The molecule has 3 aromatic rings. The Balaban J connectivity index is 1.66. The molecule has 0 aliphatic carbocycles. The van der Waals surface area contributed by atoms with Gasteiger partial charge in [0.1, 0.15) is 11.0 Å². The van der Waals surface area contributed by atoms with Gasteiger partial charge in [-0.2, -0.15) is 0 Å². The van der Waals surface area contributed by atoms with Crippen molar-refractivity contribution in [3.63, 3.8) is 0 Å². The predicted octanol–water partition coefficient (Wildman–Crippen LogP) is 4.04. The highest BCUT2D eigenvalue weighted by atomic mass is 35.5. The minimum atomic E-state index is 0.0814. The maximum atomic E-state index is 9.03. The monoisotopic (exact) mass is 312 g/mol. The lowest BCUT2D eigenvalue weighted by Crippen LogP contribution is -2.06. The average molecular weight is 313 g/mol. The van der Waals surface area contributed by atoms with E-state index in [1.54, 1.807) is 0 Å². The highest BCUT2D eigenvalue weighted by Crippen LogP contribution is 2.24. The first-order chi connectivity index (χ1) is 10.8. The Morgan fingerprint density at radius 2 is 1.73 bits per heavy atom. The first kappa shape index (κ1) is 14.8. The van der Waals surface area contributed by atoms with Crippen molar-refractivity contribution in [2.24, 2.45) is 0 Å². The van der Waals surface area contributed by atoms with Crippen LogP contribution in [0.4, 0.5) is 5.82 Å². The summed E-state index contributed by atoms with van der Waals surface area (Å²) in [6, 6.07) is 17.9. The quantitative estimate of drug-likeness (QED) is 0.699. The van der Waals surface area contributed by atoms with E-state index in [1.807, 2.05) is 54.6 Å². The number of nitrogens with zero attached hydrogens (tertiary/aromatic N) is 1. The van der Waals surface area contributed by atoms with Gasteiger partial charge in [-0.15, -0.1) is 0 Å². The van der Waals surface area contributed by atoms with E-state index in [0.29, 0.717) is 5.15 Å². The Bertz CT molecular complexity index is 772. The Kier molecular flexibility index (Phi) is 4.56. The molecule has 2 aromatic carbocycles. The first-order valence-corrected chi connectivity index (χ1v) is 7.62. The van der Waals surface area contributed by atoms with E-state index in [0.717, 1.165) is 35.1 Å². The molecule has 0 aliphatic heterocycles. The number of benzene rings is 2. The average Bonchev–Trinajstić information content (AvgIpc) is 2.56. The normalized spacial score (nSPS) is 10.8. The van der Waals surface area contributed by atoms with Gasteiger partial charge in [0.05, 0.1) is 6.61 Å². The number of aliphatic hydroxyl groups is 1. The van der Waals surface area contributed by atoms with Gasteiger partial charge in [-0.25, -0.2) is 4.98 Å². The number of anilines is 1. The lowest BCUT2D eigenvalue weighted by atomic mass is 10.1. The molecule has 2 N–H and O–H groups in total. The van der Waals surface area contributed by atoms with Gasteiger partial charge in [-0.1, -0.05) is 60.1 Å². The fourth-order valence-corrected chi connectivity index (χ4v) is 2.66. The van der Waals surface area contributed by atoms with Crippen LogP contribution in [0.15, 0.2) is 54.6 Å². The number of halogens is 1. The SMILES string of the molecule is OCc1ccc(CCNc2cc3ccccc3c(Cl)n2)cc1. The topological polar surface area (TPSA) is 45.1 Å². The van der Waals surface area contributed by atoms with Crippen molar-refractivity contribution in [2.45, 2.75) is 13.0 Å². The summed E-state index contributed by atoms with van der Waals surface area (Å²) < 4.78 is 0. The molecule has 112 valence electrons. The summed E-state index contributed by atoms with van der Waals surface area (Å²) in [7, 11) is 0. The molecule has 1 aromatic heterocycles. The van der Waals surface area contributed by atoms with E-state index in [4.69, 9.17) is 16.7 Å². The number of aromatic nitrogens is 1. The van der Waals surface area contributed by atoms with Crippen LogP contribution < -0.4 is 5.32 Å². The molecule has 0 bridgehead atoms. The van der Waals surface area contributed by atoms with Gasteiger partial charge >= 0.3 is 0 Å². The minimum absolute atomic E-state index is 0.0814. The van der Waals surface area contributed by atoms with Crippen LogP contribution in [-0.2, 0) is 13.0 Å². The van der Waals surface area contributed by atoms with Gasteiger partial charge in [-0.05, 0) is 29.0 Å². The number of hydrogen-bond acceptors (Lipinski definition) is 3. The molecule has 0 saturated heterocycles. The lowest BCUT2D eigenvalue weighted by molar-refractivity contribution is 0.282. The summed E-state index contributed by atoms with van der Waals surface area (Å²) in [5.41, 5.74) is 2.15. The summed E-state index contributed by atoms with van der Waals surface area (Å²) in [6.45, 7) is 0.859. The van der Waals surface area contributed by atoms with E-state index in [1.165, 1.54) is 5.56 Å². The fraction of sp³-hybridized carbons (Fsp3) is 0.167. The van der Waals surface area contributed by atoms with Crippen LogP contribution in [0.25, 0.3) is 10.8 Å². The molecule has 0 fully saturated rings. The molecule has 0 unspecified atom stereocenters. The molecule has 1 heterocycles. The lowest BCUT2D eigenvalue weighted by Gasteiger charge is -2.08. The molecule has 0 spiro atoms. The van der Waals surface area contributed by atoms with Crippen molar-refractivity contribution < 1.29 is 5.11 Å². The predicted molar refractivity (Wildman–Crippen MR) is 91.3 cm³/mol. The van der Waals surface area contributed by atoms with E-state index in [-0.39, 0.29) is 6.61 Å². The molecule has 3 nitrogen and oxygen atoms in total. The van der Waals surface area contributed by atoms with Crippen LogP contribution >= 0.6 is 11.6 Å². The second kappa shape index (κ2) is 6.77. The first-order valence-electron chi connectivity index (χ1n) is 7.24. The Labute approximate surface area is 134 Å². The smallest absolute Gasteiger partial charge is 0.139 e. The number of rotatable bonds is 5. The zero-order valence-corrected chi connectivity index (χ0v) is 12.8. The summed E-state index contributed by atoms with van der Waals surface area (Å²) in [4.78, 5) is 4.38. The van der Waals surface area contributed by atoms with Gasteiger partial charge < -0.3 is 10.4 Å². The Morgan fingerprint density at radius 3 is 2.50 bits per heavy atom. The van der Waals surface area contributed by atoms with Crippen molar-refractivity contribution in [3.05, 3.63) is 70.9 Å². The van der Waals surface area contributed by atoms with Crippen LogP contribution in [0.2, 0.25) is 5.15 Å². The number of fused-ring (bicyclic) bond motifs is 1. The number of pyridine rings is 1. The van der Waals surface area contributed by atoms with Crippen LogP contribution in [0, 0.1) is 0 Å². The van der Waals surface area contributed by atoms with Crippen LogP contribution in [-0.4, -0.2) is 16.6 Å². The molecule has 3 rings (SSSR count). The summed E-state index contributed by atoms with van der Waals surface area (Å²) in [6.07, 6.45) is 0.887. The van der Waals surface area contributed by atoms with Crippen LogP contribution in [0.5, 0.6) is 0 Å². The van der Waals surface area contributed by atoms with Gasteiger partial charge in [0, 0.05) is 11.9 Å². The van der Waals surface area contributed by atoms with Crippen LogP contribution in [0.3, 0.4) is 0 Å². The third-order valence-corrected chi connectivity index (χ3v) is 3.91. The second-order valence-corrected chi connectivity index (χ2v) is 5.53. The Morgan fingerprint density at radius 1 is 1.00 bits per heavy atom. The van der Waals surface area contributed by atoms with E-state index in [2.05, 4.69) is 10.3 Å². The third-order valence-electron chi connectivity index (χ3n) is 3.62. The molecule has 0 aliphatic rings. The molecule has 4 heteroatoms. The number of aliphatic hydroxyl groups excluding tert-OH is 1. The maximum absolute atomic E-state index is 9.03. The van der Waals surface area contributed by atoms with Gasteiger partial charge in [-0.3, -0.25) is 0 Å². The second-order valence-electron chi connectivity index (χ2n) is 5.17. The standard InChI is InChI=1S/C18H17ClN2O/c19-18-16-4-2-1-3-15(16)11-17(21-18)20-10-9-13-5-7-14(12-22)8-6-13/h1-8,11,22H,9-10,12H2,(H,20,21). The highest BCUT2D eigenvalue weighted by molar-refractivity contribution is 6.34. The summed E-state index contributed by atoms with van der Waals surface area (Å²) in [5.74, 6) is 0.788. The molecule has 0 saturated carbocycles. The fourth-order valence-electron chi connectivity index (χ4n) is 2.39. The van der Waals surface area contributed by atoms with E-state index >= 15 is 0 Å². The summed E-state index contributed by atoms with van der Waals surface area (Å²) in [5, 5.41) is 14.9. The van der Waals surface area contributed by atoms with Crippen molar-refractivity contribution >= 4 is 28.2 Å². The van der Waals surface area contributed by atoms with Crippen molar-refractivity contribution in [1.82, 2.24) is 4.98 Å². The van der Waals surface area contributed by atoms with Crippen molar-refractivity contribution in [2.75, 3.05) is 11.9 Å². The van der Waals surface area contributed by atoms with Crippen molar-refractivity contribution in [1.29, 1.82) is 0 Å².